The lowest BCUT2D eigenvalue weighted by molar-refractivity contribution is 0.0950. The van der Waals surface area contributed by atoms with Gasteiger partial charge in [-0.25, -0.2) is 4.98 Å². The van der Waals surface area contributed by atoms with Gasteiger partial charge in [-0.15, -0.1) is 0 Å². The summed E-state index contributed by atoms with van der Waals surface area (Å²) in [5.41, 5.74) is 1.32. The molecule has 0 saturated carbocycles. The minimum absolute atomic E-state index is 0.206. The lowest BCUT2D eigenvalue weighted by atomic mass is 10.1. The van der Waals surface area contributed by atoms with Crippen LogP contribution in [0.5, 0.6) is 17.4 Å². The Morgan fingerprint density at radius 3 is 2.62 bits per heavy atom. The molecule has 0 radical (unpaired) electrons. The molecule has 0 atom stereocenters. The maximum absolute atomic E-state index is 12.4. The van der Waals surface area contributed by atoms with Gasteiger partial charge in [0.1, 0.15) is 0 Å². The van der Waals surface area contributed by atoms with Crippen molar-refractivity contribution >= 4 is 5.91 Å². The predicted molar refractivity (Wildman–Crippen MR) is 90.7 cm³/mol. The summed E-state index contributed by atoms with van der Waals surface area (Å²) in [5.74, 6) is 1.47. The van der Waals surface area contributed by atoms with E-state index in [1.54, 1.807) is 31.5 Å². The van der Waals surface area contributed by atoms with Gasteiger partial charge < -0.3 is 19.5 Å². The Hall–Kier alpha value is -2.76. The zero-order valence-electron chi connectivity index (χ0n) is 14.2. The molecule has 6 heteroatoms. The van der Waals surface area contributed by atoms with Gasteiger partial charge in [-0.1, -0.05) is 6.07 Å². The molecule has 2 aromatic rings. The largest absolute Gasteiger partial charge is 0.493 e. The molecule has 128 valence electrons. The van der Waals surface area contributed by atoms with E-state index in [1.807, 2.05) is 26.0 Å². The van der Waals surface area contributed by atoms with Crippen molar-refractivity contribution in [2.75, 3.05) is 20.3 Å². The summed E-state index contributed by atoms with van der Waals surface area (Å²) in [5, 5.41) is 2.86. The standard InChI is InChI=1S/C18H22N2O4/c1-4-23-15-9-8-13(11-16(15)22-3)17(21)20-12-14-7-6-10-19-18(14)24-5-2/h6-11H,4-5,12H2,1-3H3,(H,20,21). The molecule has 24 heavy (non-hydrogen) atoms. The Balaban J connectivity index is 2.07. The van der Waals surface area contributed by atoms with Crippen LogP contribution in [0.1, 0.15) is 29.8 Å². The van der Waals surface area contributed by atoms with Gasteiger partial charge in [-0.3, -0.25) is 4.79 Å². The van der Waals surface area contributed by atoms with E-state index in [9.17, 15) is 4.79 Å². The van der Waals surface area contributed by atoms with E-state index in [4.69, 9.17) is 14.2 Å². The van der Waals surface area contributed by atoms with Gasteiger partial charge in [-0.2, -0.15) is 0 Å². The first kappa shape index (κ1) is 17.6. The molecule has 6 nitrogen and oxygen atoms in total. The number of rotatable bonds is 8. The van der Waals surface area contributed by atoms with Crippen LogP contribution < -0.4 is 19.5 Å². The smallest absolute Gasteiger partial charge is 0.251 e. The van der Waals surface area contributed by atoms with Gasteiger partial charge in [0.15, 0.2) is 11.5 Å². The normalized spacial score (nSPS) is 10.1. The van der Waals surface area contributed by atoms with Crippen molar-refractivity contribution < 1.29 is 19.0 Å². The number of carbonyl (C=O) groups excluding carboxylic acids is 1. The van der Waals surface area contributed by atoms with Crippen LogP contribution in [0.4, 0.5) is 0 Å². The highest BCUT2D eigenvalue weighted by Crippen LogP contribution is 2.28. The van der Waals surface area contributed by atoms with Crippen LogP contribution in [0.15, 0.2) is 36.5 Å². The molecule has 1 aromatic carbocycles. The minimum Gasteiger partial charge on any atom is -0.493 e. The van der Waals surface area contributed by atoms with Crippen molar-refractivity contribution in [2.24, 2.45) is 0 Å². The van der Waals surface area contributed by atoms with E-state index < -0.39 is 0 Å². The zero-order valence-corrected chi connectivity index (χ0v) is 14.2. The van der Waals surface area contributed by atoms with Crippen LogP contribution in [-0.4, -0.2) is 31.2 Å². The second-order valence-corrected chi connectivity index (χ2v) is 4.88. The Bertz CT molecular complexity index is 688. The lowest BCUT2D eigenvalue weighted by Gasteiger charge is -2.12. The number of carbonyl (C=O) groups is 1. The molecule has 0 aliphatic rings. The number of nitrogens with one attached hydrogen (secondary N) is 1. The van der Waals surface area contributed by atoms with Gasteiger partial charge >= 0.3 is 0 Å². The first-order chi connectivity index (χ1) is 11.7. The minimum atomic E-state index is -0.206. The van der Waals surface area contributed by atoms with Crippen LogP contribution in [0.3, 0.4) is 0 Å². The molecule has 0 aliphatic carbocycles. The Labute approximate surface area is 141 Å². The molecule has 0 fully saturated rings. The van der Waals surface area contributed by atoms with E-state index in [-0.39, 0.29) is 5.91 Å². The fourth-order valence-corrected chi connectivity index (χ4v) is 2.19. The van der Waals surface area contributed by atoms with Gasteiger partial charge in [0.2, 0.25) is 5.88 Å². The van der Waals surface area contributed by atoms with Crippen LogP contribution in [-0.2, 0) is 6.54 Å². The second-order valence-electron chi connectivity index (χ2n) is 4.88. The molecule has 0 bridgehead atoms. The third-order valence-electron chi connectivity index (χ3n) is 3.30. The second kappa shape index (κ2) is 8.76. The fourth-order valence-electron chi connectivity index (χ4n) is 2.19. The lowest BCUT2D eigenvalue weighted by Crippen LogP contribution is -2.23. The fraction of sp³-hybridized carbons (Fsp3) is 0.333. The molecule has 0 spiro atoms. The number of benzene rings is 1. The molecule has 0 unspecified atom stereocenters. The highest BCUT2D eigenvalue weighted by Gasteiger charge is 2.12. The van der Waals surface area contributed by atoms with E-state index >= 15 is 0 Å². The van der Waals surface area contributed by atoms with E-state index in [2.05, 4.69) is 10.3 Å². The average molecular weight is 330 g/mol. The number of amides is 1. The Morgan fingerprint density at radius 2 is 1.92 bits per heavy atom. The predicted octanol–water partition coefficient (Wildman–Crippen LogP) is 2.82. The number of pyridine rings is 1. The Morgan fingerprint density at radius 1 is 1.12 bits per heavy atom. The molecule has 0 aliphatic heterocycles. The van der Waals surface area contributed by atoms with E-state index in [1.165, 1.54) is 0 Å². The molecule has 1 aromatic heterocycles. The maximum Gasteiger partial charge on any atom is 0.251 e. The first-order valence-electron chi connectivity index (χ1n) is 7.85. The van der Waals surface area contributed by atoms with Crippen molar-refractivity contribution in [3.05, 3.63) is 47.7 Å². The van der Waals surface area contributed by atoms with Gasteiger partial charge in [0, 0.05) is 23.9 Å². The average Bonchev–Trinajstić information content (AvgIpc) is 2.61. The quantitative estimate of drug-likeness (QED) is 0.806. The van der Waals surface area contributed by atoms with Crippen LogP contribution in [0, 0.1) is 0 Å². The molecule has 2 rings (SSSR count). The van der Waals surface area contributed by atoms with Crippen molar-refractivity contribution in [1.29, 1.82) is 0 Å². The van der Waals surface area contributed by atoms with Gasteiger partial charge in [-0.05, 0) is 38.1 Å². The van der Waals surface area contributed by atoms with Gasteiger partial charge in [0.05, 0.1) is 20.3 Å². The first-order valence-corrected chi connectivity index (χ1v) is 7.85. The summed E-state index contributed by atoms with van der Waals surface area (Å²) in [7, 11) is 1.55. The molecular weight excluding hydrogens is 308 g/mol. The number of aromatic nitrogens is 1. The van der Waals surface area contributed by atoms with Crippen LogP contribution in [0.2, 0.25) is 0 Å². The summed E-state index contributed by atoms with van der Waals surface area (Å²) < 4.78 is 16.2. The molecular formula is C18H22N2O4. The van der Waals surface area contributed by atoms with E-state index in [0.29, 0.717) is 42.7 Å². The topological polar surface area (TPSA) is 69.7 Å². The van der Waals surface area contributed by atoms with E-state index in [0.717, 1.165) is 5.56 Å². The van der Waals surface area contributed by atoms with Gasteiger partial charge in [0.25, 0.3) is 5.91 Å². The highest BCUT2D eigenvalue weighted by molar-refractivity contribution is 5.94. The molecule has 1 heterocycles. The summed E-state index contributed by atoms with van der Waals surface area (Å²) in [6.07, 6.45) is 1.66. The summed E-state index contributed by atoms with van der Waals surface area (Å²) >= 11 is 0. The monoisotopic (exact) mass is 330 g/mol. The SMILES string of the molecule is CCOc1ccc(C(=O)NCc2cccnc2OCC)cc1OC. The van der Waals surface area contributed by atoms with Crippen molar-refractivity contribution in [3.8, 4) is 17.4 Å². The van der Waals surface area contributed by atoms with Crippen LogP contribution in [0.25, 0.3) is 0 Å². The summed E-state index contributed by atoms with van der Waals surface area (Å²) in [6.45, 7) is 5.17. The highest BCUT2D eigenvalue weighted by atomic mass is 16.5. The summed E-state index contributed by atoms with van der Waals surface area (Å²) in [4.78, 5) is 16.5. The summed E-state index contributed by atoms with van der Waals surface area (Å²) in [6, 6.07) is 8.77. The molecule has 1 N–H and O–H groups in total. The molecule has 0 saturated heterocycles. The maximum atomic E-state index is 12.4. The third-order valence-corrected chi connectivity index (χ3v) is 3.30. The number of ether oxygens (including phenoxy) is 3. The number of hydrogen-bond donors (Lipinski definition) is 1. The number of nitrogens with zero attached hydrogens (tertiary/aromatic N) is 1. The molecule has 1 amide bonds. The number of methoxy groups -OCH3 is 1. The van der Waals surface area contributed by atoms with Crippen LogP contribution >= 0.6 is 0 Å². The zero-order chi connectivity index (χ0) is 17.4. The third kappa shape index (κ3) is 4.38. The van der Waals surface area contributed by atoms with Crippen molar-refractivity contribution in [1.82, 2.24) is 10.3 Å². The van der Waals surface area contributed by atoms with Crippen molar-refractivity contribution in [2.45, 2.75) is 20.4 Å². The Kier molecular flexibility index (Phi) is 6.42. The number of hydrogen-bond acceptors (Lipinski definition) is 5. The van der Waals surface area contributed by atoms with Crippen molar-refractivity contribution in [3.63, 3.8) is 0 Å².